The molecule has 1 heterocycles. The molecule has 0 unspecified atom stereocenters. The van der Waals surface area contributed by atoms with Gasteiger partial charge < -0.3 is 4.74 Å². The van der Waals surface area contributed by atoms with Gasteiger partial charge in [0.2, 0.25) is 5.79 Å². The summed E-state index contributed by atoms with van der Waals surface area (Å²) < 4.78 is 5.25. The third kappa shape index (κ3) is 4.28. The van der Waals surface area contributed by atoms with Crippen LogP contribution in [0.4, 0.5) is 0 Å². The predicted molar refractivity (Wildman–Crippen MR) is 64.1 cm³/mol. The lowest BCUT2D eigenvalue weighted by Crippen LogP contribution is -2.32. The molecule has 1 aliphatic heterocycles. The third-order valence-corrected chi connectivity index (χ3v) is 2.94. The Hall–Kier alpha value is -0.610. The zero-order valence-corrected chi connectivity index (χ0v) is 11.4. The molecule has 1 saturated heterocycles. The molecule has 1 fully saturated rings. The van der Waals surface area contributed by atoms with Crippen molar-refractivity contribution in [3.05, 3.63) is 0 Å². The van der Waals surface area contributed by atoms with Crippen LogP contribution in [-0.2, 0) is 19.3 Å². The molecular formula is C13H24O4. The van der Waals surface area contributed by atoms with Crippen LogP contribution in [0.3, 0.4) is 0 Å². The summed E-state index contributed by atoms with van der Waals surface area (Å²) in [5.74, 6) is -0.706. The van der Waals surface area contributed by atoms with Gasteiger partial charge in [-0.25, -0.2) is 0 Å². The fourth-order valence-corrected chi connectivity index (χ4v) is 1.92. The monoisotopic (exact) mass is 244 g/mol. The quantitative estimate of drug-likeness (QED) is 0.285. The Morgan fingerprint density at radius 3 is 2.35 bits per heavy atom. The summed E-state index contributed by atoms with van der Waals surface area (Å²) in [6, 6.07) is 0. The maximum atomic E-state index is 11.9. The van der Waals surface area contributed by atoms with Crippen molar-refractivity contribution < 1.29 is 19.3 Å². The van der Waals surface area contributed by atoms with Crippen LogP contribution in [0.25, 0.3) is 0 Å². The average Bonchev–Trinajstić information content (AvgIpc) is 2.97. The lowest BCUT2D eigenvalue weighted by molar-refractivity contribution is -0.155. The number of carbonyl (C=O) groups excluding carboxylic acids is 1. The van der Waals surface area contributed by atoms with E-state index in [1.54, 1.807) is 0 Å². The second-order valence-electron chi connectivity index (χ2n) is 5.38. The van der Waals surface area contributed by atoms with Crippen LogP contribution in [0.2, 0.25) is 0 Å². The van der Waals surface area contributed by atoms with Gasteiger partial charge in [-0.05, 0) is 20.3 Å². The first-order chi connectivity index (χ1) is 7.96. The van der Waals surface area contributed by atoms with Gasteiger partial charge in [0.15, 0.2) is 0 Å². The summed E-state index contributed by atoms with van der Waals surface area (Å²) in [6.07, 6.45) is 4.28. The average molecular weight is 244 g/mol. The zero-order valence-electron chi connectivity index (χ0n) is 11.4. The molecule has 100 valence electrons. The van der Waals surface area contributed by atoms with E-state index in [2.05, 4.69) is 13.8 Å². The zero-order chi connectivity index (χ0) is 12.9. The highest BCUT2D eigenvalue weighted by molar-refractivity contribution is 5.76. The summed E-state index contributed by atoms with van der Waals surface area (Å²) in [5.41, 5.74) is -0.556. The third-order valence-electron chi connectivity index (χ3n) is 2.94. The molecule has 0 aliphatic carbocycles. The summed E-state index contributed by atoms with van der Waals surface area (Å²) in [4.78, 5) is 22.0. The lowest BCUT2D eigenvalue weighted by atomic mass is 9.84. The minimum atomic E-state index is -0.556. The molecule has 0 aromatic rings. The maximum absolute atomic E-state index is 11.9. The van der Waals surface area contributed by atoms with Gasteiger partial charge in [0.1, 0.15) is 0 Å². The van der Waals surface area contributed by atoms with Crippen LogP contribution in [0, 0.1) is 5.41 Å². The molecule has 0 atom stereocenters. The molecule has 0 saturated carbocycles. The smallest absolute Gasteiger partial charge is 0.311 e. The van der Waals surface area contributed by atoms with E-state index < -0.39 is 11.2 Å². The number of esters is 1. The van der Waals surface area contributed by atoms with Crippen molar-refractivity contribution in [1.29, 1.82) is 0 Å². The van der Waals surface area contributed by atoms with Gasteiger partial charge in [0, 0.05) is 12.8 Å². The maximum Gasteiger partial charge on any atom is 0.311 e. The van der Waals surface area contributed by atoms with Crippen molar-refractivity contribution in [3.63, 3.8) is 0 Å². The number of hydrogen-bond acceptors (Lipinski definition) is 4. The summed E-state index contributed by atoms with van der Waals surface area (Å²) in [6.45, 7) is 8.40. The van der Waals surface area contributed by atoms with Gasteiger partial charge in [-0.2, -0.15) is 9.78 Å². The van der Waals surface area contributed by atoms with E-state index >= 15 is 0 Å². The Morgan fingerprint density at radius 2 is 1.88 bits per heavy atom. The number of hydrogen-bond donors (Lipinski definition) is 0. The first kappa shape index (κ1) is 14.5. The molecule has 0 bridgehead atoms. The first-order valence-corrected chi connectivity index (χ1v) is 6.50. The summed E-state index contributed by atoms with van der Waals surface area (Å²) in [7, 11) is 0. The van der Waals surface area contributed by atoms with E-state index in [0.29, 0.717) is 13.0 Å². The van der Waals surface area contributed by atoms with Gasteiger partial charge in [-0.3, -0.25) is 4.79 Å². The van der Waals surface area contributed by atoms with Gasteiger partial charge in [-0.15, -0.1) is 0 Å². The van der Waals surface area contributed by atoms with Crippen molar-refractivity contribution in [3.8, 4) is 0 Å². The highest BCUT2D eigenvalue weighted by atomic mass is 17.4. The van der Waals surface area contributed by atoms with Crippen molar-refractivity contribution in [2.75, 3.05) is 6.61 Å². The molecule has 17 heavy (non-hydrogen) atoms. The Morgan fingerprint density at radius 1 is 1.24 bits per heavy atom. The largest absolute Gasteiger partial charge is 0.465 e. The van der Waals surface area contributed by atoms with E-state index in [4.69, 9.17) is 14.5 Å². The molecule has 1 rings (SSSR count). The normalized spacial score (nSPS) is 17.9. The molecule has 4 nitrogen and oxygen atoms in total. The molecular weight excluding hydrogens is 220 g/mol. The van der Waals surface area contributed by atoms with Crippen LogP contribution in [-0.4, -0.2) is 18.4 Å². The molecule has 4 heteroatoms. The SMILES string of the molecule is CCCCOC(=O)C(C)(C)CC1(CCC)OO1. The van der Waals surface area contributed by atoms with E-state index in [1.165, 1.54) is 0 Å². The van der Waals surface area contributed by atoms with Crippen LogP contribution >= 0.6 is 0 Å². The topological polar surface area (TPSA) is 51.4 Å². The molecule has 0 aromatic heterocycles. The van der Waals surface area contributed by atoms with Crippen molar-refractivity contribution in [2.24, 2.45) is 5.41 Å². The lowest BCUT2D eigenvalue weighted by Gasteiger charge is -2.23. The minimum Gasteiger partial charge on any atom is -0.465 e. The van der Waals surface area contributed by atoms with Gasteiger partial charge in [-0.1, -0.05) is 26.7 Å². The molecule has 0 spiro atoms. The van der Waals surface area contributed by atoms with Crippen LogP contribution in [0.15, 0.2) is 0 Å². The first-order valence-electron chi connectivity index (χ1n) is 6.50. The fraction of sp³-hybridized carbons (Fsp3) is 0.923. The van der Waals surface area contributed by atoms with E-state index in [1.807, 2.05) is 13.8 Å². The molecule has 0 aromatic carbocycles. The number of ether oxygens (including phenoxy) is 1. The highest BCUT2D eigenvalue weighted by Gasteiger charge is 2.53. The Bertz CT molecular complexity index is 256. The molecule has 0 amide bonds. The predicted octanol–water partition coefficient (Wildman–Crippen LogP) is 3.20. The summed E-state index contributed by atoms with van der Waals surface area (Å²) >= 11 is 0. The fourth-order valence-electron chi connectivity index (χ4n) is 1.92. The standard InChI is InChI=1S/C13H24O4/c1-5-7-9-15-11(14)12(3,4)10-13(8-6-2)16-17-13/h5-10H2,1-4H3. The molecule has 0 N–H and O–H groups in total. The van der Waals surface area contributed by atoms with Gasteiger partial charge >= 0.3 is 5.97 Å². The number of carbonyl (C=O) groups is 1. The number of rotatable bonds is 8. The van der Waals surface area contributed by atoms with Crippen molar-refractivity contribution in [2.45, 2.75) is 65.6 Å². The van der Waals surface area contributed by atoms with E-state index in [-0.39, 0.29) is 5.97 Å². The summed E-state index contributed by atoms with van der Waals surface area (Å²) in [5, 5.41) is 0. The minimum absolute atomic E-state index is 0.166. The Balaban J connectivity index is 2.41. The van der Waals surface area contributed by atoms with E-state index in [9.17, 15) is 4.79 Å². The van der Waals surface area contributed by atoms with Gasteiger partial charge in [0.05, 0.1) is 12.0 Å². The second kappa shape index (κ2) is 5.83. The molecule has 0 radical (unpaired) electrons. The van der Waals surface area contributed by atoms with E-state index in [0.717, 1.165) is 25.7 Å². The highest BCUT2D eigenvalue weighted by Crippen LogP contribution is 2.44. The molecule has 1 aliphatic rings. The second-order valence-corrected chi connectivity index (χ2v) is 5.38. The van der Waals surface area contributed by atoms with Crippen LogP contribution in [0.5, 0.6) is 0 Å². The van der Waals surface area contributed by atoms with Gasteiger partial charge in [0.25, 0.3) is 0 Å². The van der Waals surface area contributed by atoms with Crippen LogP contribution < -0.4 is 0 Å². The number of unbranched alkanes of at least 4 members (excludes halogenated alkanes) is 1. The Kier molecular flexibility index (Phi) is 4.95. The Labute approximate surface area is 104 Å². The van der Waals surface area contributed by atoms with Crippen LogP contribution in [0.1, 0.15) is 59.8 Å². The van der Waals surface area contributed by atoms with Crippen molar-refractivity contribution in [1.82, 2.24) is 0 Å². The van der Waals surface area contributed by atoms with Crippen molar-refractivity contribution >= 4 is 5.97 Å².